The molecule has 0 aliphatic heterocycles. The first-order valence-electron chi connectivity index (χ1n) is 5.79. The first kappa shape index (κ1) is 12.9. The van der Waals surface area contributed by atoms with Gasteiger partial charge in [0, 0.05) is 12.5 Å². The minimum atomic E-state index is 0.162. The van der Waals surface area contributed by atoms with E-state index >= 15 is 0 Å². The fraction of sp³-hybridized carbons (Fsp3) is 0.308. The molecule has 0 radical (unpaired) electrons. The molecule has 0 amide bonds. The summed E-state index contributed by atoms with van der Waals surface area (Å²) in [5.41, 5.74) is 0.509. The summed E-state index contributed by atoms with van der Waals surface area (Å²) < 4.78 is 16.0. The highest BCUT2D eigenvalue weighted by Gasteiger charge is 2.09. The molecule has 1 aromatic heterocycles. The molecule has 98 valence electrons. The Bertz CT molecular complexity index is 601. The third-order valence-corrected chi connectivity index (χ3v) is 2.46. The zero-order chi connectivity index (χ0) is 13.7. The van der Waals surface area contributed by atoms with Crippen molar-refractivity contribution in [1.29, 1.82) is 5.26 Å². The van der Waals surface area contributed by atoms with Gasteiger partial charge >= 0.3 is 0 Å². The molecule has 0 aliphatic rings. The molecular formula is C13H13N3O3. The normalized spacial score (nSPS) is 9.95. The van der Waals surface area contributed by atoms with Crippen molar-refractivity contribution in [2.45, 2.75) is 20.0 Å². The van der Waals surface area contributed by atoms with Crippen molar-refractivity contribution in [1.82, 2.24) is 10.2 Å². The number of hydrogen-bond donors (Lipinski definition) is 0. The van der Waals surface area contributed by atoms with Crippen molar-refractivity contribution in [2.24, 2.45) is 0 Å². The molecule has 0 N–H and O–H groups in total. The molecule has 0 bridgehead atoms. The van der Waals surface area contributed by atoms with Crippen molar-refractivity contribution in [3.05, 3.63) is 35.5 Å². The van der Waals surface area contributed by atoms with Crippen molar-refractivity contribution in [3.63, 3.8) is 0 Å². The maximum Gasteiger partial charge on any atom is 0.253 e. The van der Waals surface area contributed by atoms with Gasteiger partial charge in [-0.15, -0.1) is 10.2 Å². The van der Waals surface area contributed by atoms with Crippen molar-refractivity contribution < 1.29 is 13.9 Å². The van der Waals surface area contributed by atoms with Gasteiger partial charge < -0.3 is 13.9 Å². The van der Waals surface area contributed by atoms with Gasteiger partial charge in [0.05, 0.1) is 18.7 Å². The zero-order valence-corrected chi connectivity index (χ0v) is 10.7. The first-order chi connectivity index (χ1) is 9.26. The van der Waals surface area contributed by atoms with Crippen LogP contribution in [0.3, 0.4) is 0 Å². The van der Waals surface area contributed by atoms with Gasteiger partial charge in [-0.1, -0.05) is 6.92 Å². The minimum Gasteiger partial charge on any atom is -0.493 e. The lowest BCUT2D eigenvalue weighted by atomic mass is 10.2. The number of aryl methyl sites for hydroxylation is 1. The summed E-state index contributed by atoms with van der Waals surface area (Å²) >= 11 is 0. The van der Waals surface area contributed by atoms with E-state index in [2.05, 4.69) is 10.2 Å². The fourth-order valence-corrected chi connectivity index (χ4v) is 1.49. The molecular weight excluding hydrogens is 246 g/mol. The van der Waals surface area contributed by atoms with Gasteiger partial charge in [0.25, 0.3) is 5.89 Å². The van der Waals surface area contributed by atoms with E-state index in [9.17, 15) is 0 Å². The summed E-state index contributed by atoms with van der Waals surface area (Å²) in [7, 11) is 1.52. The van der Waals surface area contributed by atoms with Gasteiger partial charge in [0.1, 0.15) is 0 Å². The molecule has 0 saturated carbocycles. The lowest BCUT2D eigenvalue weighted by Crippen LogP contribution is -1.98. The van der Waals surface area contributed by atoms with Gasteiger partial charge in [-0.2, -0.15) is 5.26 Å². The molecule has 2 rings (SSSR count). The predicted octanol–water partition coefficient (Wildman–Crippen LogP) is 2.09. The molecule has 19 heavy (non-hydrogen) atoms. The van der Waals surface area contributed by atoms with Crippen LogP contribution in [0.25, 0.3) is 0 Å². The van der Waals surface area contributed by atoms with Crippen LogP contribution in [0.1, 0.15) is 24.3 Å². The first-order valence-corrected chi connectivity index (χ1v) is 5.79. The van der Waals surface area contributed by atoms with E-state index < -0.39 is 0 Å². The van der Waals surface area contributed by atoms with E-state index in [1.54, 1.807) is 18.2 Å². The van der Waals surface area contributed by atoms with E-state index in [4.69, 9.17) is 19.2 Å². The summed E-state index contributed by atoms with van der Waals surface area (Å²) in [6.45, 7) is 2.09. The van der Waals surface area contributed by atoms with Gasteiger partial charge in [0.2, 0.25) is 5.89 Å². The lowest BCUT2D eigenvalue weighted by Gasteiger charge is -2.08. The second kappa shape index (κ2) is 5.87. The SMILES string of the molecule is CCc1nnc(COc2ccc(C#N)cc2OC)o1. The Morgan fingerprint density at radius 1 is 1.26 bits per heavy atom. The minimum absolute atomic E-state index is 0.162. The summed E-state index contributed by atoms with van der Waals surface area (Å²) in [6, 6.07) is 6.98. The van der Waals surface area contributed by atoms with Crippen LogP contribution >= 0.6 is 0 Å². The van der Waals surface area contributed by atoms with Crippen LogP contribution in [0, 0.1) is 11.3 Å². The van der Waals surface area contributed by atoms with Crippen LogP contribution in [0.15, 0.2) is 22.6 Å². The van der Waals surface area contributed by atoms with Gasteiger partial charge in [-0.3, -0.25) is 0 Å². The smallest absolute Gasteiger partial charge is 0.253 e. The number of ether oxygens (including phenoxy) is 2. The van der Waals surface area contributed by atoms with E-state index in [0.717, 1.165) is 0 Å². The molecule has 1 aromatic carbocycles. The Morgan fingerprint density at radius 2 is 2.05 bits per heavy atom. The highest BCUT2D eigenvalue weighted by Crippen LogP contribution is 2.28. The Hall–Kier alpha value is -2.55. The third-order valence-electron chi connectivity index (χ3n) is 2.46. The van der Waals surface area contributed by atoms with E-state index in [0.29, 0.717) is 35.3 Å². The molecule has 0 atom stereocenters. The quantitative estimate of drug-likeness (QED) is 0.817. The largest absolute Gasteiger partial charge is 0.493 e. The number of rotatable bonds is 5. The van der Waals surface area contributed by atoms with Crippen LogP contribution in [-0.2, 0) is 13.0 Å². The van der Waals surface area contributed by atoms with Crippen molar-refractivity contribution in [3.8, 4) is 17.6 Å². The zero-order valence-electron chi connectivity index (χ0n) is 10.7. The molecule has 0 unspecified atom stereocenters. The number of hydrogen-bond acceptors (Lipinski definition) is 6. The predicted molar refractivity (Wildman–Crippen MR) is 65.7 cm³/mol. The number of benzene rings is 1. The average molecular weight is 259 g/mol. The third kappa shape index (κ3) is 3.01. The molecule has 6 nitrogen and oxygen atoms in total. The Labute approximate surface area is 110 Å². The molecule has 0 spiro atoms. The Balaban J connectivity index is 2.08. The van der Waals surface area contributed by atoms with Gasteiger partial charge in [-0.05, 0) is 12.1 Å². The summed E-state index contributed by atoms with van der Waals surface area (Å²) in [6.07, 6.45) is 0.688. The summed E-state index contributed by atoms with van der Waals surface area (Å²) in [5, 5.41) is 16.5. The van der Waals surface area contributed by atoms with E-state index in [1.807, 2.05) is 13.0 Å². The lowest BCUT2D eigenvalue weighted by molar-refractivity contribution is 0.247. The maximum absolute atomic E-state index is 8.81. The van der Waals surface area contributed by atoms with E-state index in [1.165, 1.54) is 7.11 Å². The van der Waals surface area contributed by atoms with Crippen molar-refractivity contribution >= 4 is 0 Å². The average Bonchev–Trinajstić information content (AvgIpc) is 2.92. The van der Waals surface area contributed by atoms with Crippen LogP contribution in [-0.4, -0.2) is 17.3 Å². The van der Waals surface area contributed by atoms with Gasteiger partial charge in [-0.25, -0.2) is 0 Å². The molecule has 2 aromatic rings. The maximum atomic E-state index is 8.81. The topological polar surface area (TPSA) is 81.2 Å². The molecule has 0 fully saturated rings. The summed E-state index contributed by atoms with van der Waals surface area (Å²) in [5.74, 6) is 2.00. The van der Waals surface area contributed by atoms with Crippen molar-refractivity contribution in [2.75, 3.05) is 7.11 Å². The van der Waals surface area contributed by atoms with Crippen LogP contribution in [0.4, 0.5) is 0 Å². The number of methoxy groups -OCH3 is 1. The molecule has 1 heterocycles. The van der Waals surface area contributed by atoms with Crippen LogP contribution in [0.2, 0.25) is 0 Å². The molecule has 0 aliphatic carbocycles. The second-order valence-electron chi connectivity index (χ2n) is 3.71. The van der Waals surface area contributed by atoms with E-state index in [-0.39, 0.29) is 6.61 Å². The summed E-state index contributed by atoms with van der Waals surface area (Å²) in [4.78, 5) is 0. The highest BCUT2D eigenvalue weighted by molar-refractivity contribution is 5.46. The number of nitrogens with zero attached hydrogens (tertiary/aromatic N) is 3. The Kier molecular flexibility index (Phi) is 3.98. The second-order valence-corrected chi connectivity index (χ2v) is 3.71. The van der Waals surface area contributed by atoms with Crippen LogP contribution in [0.5, 0.6) is 11.5 Å². The standard InChI is InChI=1S/C13H13N3O3/c1-3-12-15-16-13(19-12)8-18-10-5-4-9(7-14)6-11(10)17-2/h4-6H,3,8H2,1-2H3. The van der Waals surface area contributed by atoms with Gasteiger partial charge in [0.15, 0.2) is 18.1 Å². The fourth-order valence-electron chi connectivity index (χ4n) is 1.49. The Morgan fingerprint density at radius 3 is 2.68 bits per heavy atom. The monoisotopic (exact) mass is 259 g/mol. The van der Waals surface area contributed by atoms with Crippen LogP contribution < -0.4 is 9.47 Å². The molecule has 6 heteroatoms. The number of aromatic nitrogens is 2. The number of nitriles is 1. The molecule has 0 saturated heterocycles. The highest BCUT2D eigenvalue weighted by atomic mass is 16.5.